The molecule has 0 saturated heterocycles. The van der Waals surface area contributed by atoms with Gasteiger partial charge in [0.15, 0.2) is 5.11 Å². The number of hydrogen-bond donors (Lipinski definition) is 3. The van der Waals surface area contributed by atoms with Gasteiger partial charge in [-0.1, -0.05) is 37.5 Å². The maximum absolute atomic E-state index is 12.1. The maximum Gasteiger partial charge on any atom is 0.243 e. The Labute approximate surface area is 138 Å². The van der Waals surface area contributed by atoms with Gasteiger partial charge in [-0.25, -0.2) is 0 Å². The Morgan fingerprint density at radius 2 is 1.82 bits per heavy atom. The monoisotopic (exact) mass is 319 g/mol. The van der Waals surface area contributed by atoms with Gasteiger partial charge in [0.2, 0.25) is 5.91 Å². The molecule has 2 rings (SSSR count). The molecule has 1 amide bonds. The van der Waals surface area contributed by atoms with E-state index < -0.39 is 0 Å². The predicted octanol–water partition coefficient (Wildman–Crippen LogP) is 3.04. The van der Waals surface area contributed by atoms with Crippen molar-refractivity contribution in [2.75, 3.05) is 11.9 Å². The summed E-state index contributed by atoms with van der Waals surface area (Å²) in [5.74, 6) is -0.0785. The number of para-hydroxylation sites is 1. The van der Waals surface area contributed by atoms with Crippen molar-refractivity contribution in [1.29, 1.82) is 0 Å². The molecule has 0 aliphatic heterocycles. The van der Waals surface area contributed by atoms with Gasteiger partial charge in [-0.3, -0.25) is 4.79 Å². The average Bonchev–Trinajstić information content (AvgIpc) is 2.50. The second kappa shape index (κ2) is 8.13. The maximum atomic E-state index is 12.1. The van der Waals surface area contributed by atoms with E-state index in [1.54, 1.807) is 0 Å². The lowest BCUT2D eigenvalue weighted by atomic mass is 9.96. The van der Waals surface area contributed by atoms with Gasteiger partial charge in [0, 0.05) is 11.7 Å². The summed E-state index contributed by atoms with van der Waals surface area (Å²) in [6.07, 6.45) is 6.16. The first-order valence-electron chi connectivity index (χ1n) is 7.96. The number of nitrogens with one attached hydrogen (secondary N) is 3. The Balaban J connectivity index is 1.76. The molecule has 0 bridgehead atoms. The first-order chi connectivity index (χ1) is 10.6. The van der Waals surface area contributed by atoms with Gasteiger partial charge in [0.1, 0.15) is 0 Å². The van der Waals surface area contributed by atoms with Crippen molar-refractivity contribution in [1.82, 2.24) is 10.6 Å². The molecule has 0 unspecified atom stereocenters. The van der Waals surface area contributed by atoms with E-state index in [1.165, 1.54) is 19.3 Å². The molecule has 0 radical (unpaired) electrons. The van der Waals surface area contributed by atoms with Crippen molar-refractivity contribution in [3.63, 3.8) is 0 Å². The van der Waals surface area contributed by atoms with Crippen molar-refractivity contribution >= 4 is 28.9 Å². The molecule has 4 nitrogen and oxygen atoms in total. The van der Waals surface area contributed by atoms with E-state index in [9.17, 15) is 4.79 Å². The average molecular weight is 319 g/mol. The summed E-state index contributed by atoms with van der Waals surface area (Å²) in [6.45, 7) is 4.17. The summed E-state index contributed by atoms with van der Waals surface area (Å²) in [6, 6.07) is 6.42. The van der Waals surface area contributed by atoms with Crippen LogP contribution in [0.2, 0.25) is 0 Å². The predicted molar refractivity (Wildman–Crippen MR) is 95.2 cm³/mol. The van der Waals surface area contributed by atoms with Gasteiger partial charge in [0.25, 0.3) is 0 Å². The van der Waals surface area contributed by atoms with E-state index in [0.29, 0.717) is 11.2 Å². The molecule has 3 N–H and O–H groups in total. The van der Waals surface area contributed by atoms with Gasteiger partial charge in [-0.2, -0.15) is 0 Å². The lowest BCUT2D eigenvalue weighted by Crippen LogP contribution is -2.45. The minimum absolute atomic E-state index is 0.0785. The van der Waals surface area contributed by atoms with Crippen LogP contribution < -0.4 is 16.0 Å². The molecule has 22 heavy (non-hydrogen) atoms. The summed E-state index contributed by atoms with van der Waals surface area (Å²) in [7, 11) is 0. The fourth-order valence-corrected chi connectivity index (χ4v) is 3.08. The van der Waals surface area contributed by atoms with Crippen LogP contribution in [0.3, 0.4) is 0 Å². The Hall–Kier alpha value is -1.62. The van der Waals surface area contributed by atoms with Crippen LogP contribution in [0.1, 0.15) is 43.2 Å². The topological polar surface area (TPSA) is 53.2 Å². The molecular weight excluding hydrogens is 294 g/mol. The van der Waals surface area contributed by atoms with E-state index in [4.69, 9.17) is 12.2 Å². The first kappa shape index (κ1) is 16.7. The minimum Gasteiger partial charge on any atom is -0.360 e. The highest BCUT2D eigenvalue weighted by molar-refractivity contribution is 7.80. The molecule has 0 heterocycles. The van der Waals surface area contributed by atoms with Crippen molar-refractivity contribution in [3.8, 4) is 0 Å². The second-order valence-corrected chi connectivity index (χ2v) is 6.39. The molecular formula is C17H25N3OS. The Bertz CT molecular complexity index is 518. The van der Waals surface area contributed by atoms with E-state index in [-0.39, 0.29) is 12.5 Å². The van der Waals surface area contributed by atoms with Crippen LogP contribution in [-0.4, -0.2) is 23.6 Å². The standard InChI is InChI=1S/C17H25N3OS/c1-12-7-6-8-13(2)16(12)20-15(21)11-18-17(22)19-14-9-4-3-5-10-14/h6-8,14H,3-5,9-11H2,1-2H3,(H,20,21)(H2,18,19,22). The third-order valence-electron chi connectivity index (χ3n) is 4.10. The zero-order valence-corrected chi connectivity index (χ0v) is 14.2. The Morgan fingerprint density at radius 1 is 1.18 bits per heavy atom. The van der Waals surface area contributed by atoms with Crippen LogP contribution in [0.5, 0.6) is 0 Å². The Kier molecular flexibility index (Phi) is 6.19. The third kappa shape index (κ3) is 4.98. The molecule has 1 saturated carbocycles. The van der Waals surface area contributed by atoms with Crippen molar-refractivity contribution < 1.29 is 4.79 Å². The van der Waals surface area contributed by atoms with Crippen LogP contribution in [0.25, 0.3) is 0 Å². The number of amides is 1. The minimum atomic E-state index is -0.0785. The summed E-state index contributed by atoms with van der Waals surface area (Å²) in [5, 5.41) is 9.82. The van der Waals surface area contributed by atoms with Gasteiger partial charge < -0.3 is 16.0 Å². The van der Waals surface area contributed by atoms with Crippen LogP contribution in [-0.2, 0) is 4.79 Å². The normalized spacial score (nSPS) is 15.2. The molecule has 1 aliphatic carbocycles. The molecule has 1 aromatic carbocycles. The number of aryl methyl sites for hydroxylation is 2. The zero-order chi connectivity index (χ0) is 15.9. The van der Waals surface area contributed by atoms with Crippen molar-refractivity contribution in [2.24, 2.45) is 0 Å². The number of rotatable bonds is 4. The zero-order valence-electron chi connectivity index (χ0n) is 13.4. The van der Waals surface area contributed by atoms with Gasteiger partial charge in [0.05, 0.1) is 6.54 Å². The van der Waals surface area contributed by atoms with E-state index in [0.717, 1.165) is 29.7 Å². The fraction of sp³-hybridized carbons (Fsp3) is 0.529. The molecule has 1 aromatic rings. The quantitative estimate of drug-likeness (QED) is 0.747. The number of anilines is 1. The summed E-state index contributed by atoms with van der Waals surface area (Å²) in [5.41, 5.74) is 3.02. The van der Waals surface area contributed by atoms with Crippen LogP contribution in [0.15, 0.2) is 18.2 Å². The van der Waals surface area contributed by atoms with Crippen LogP contribution >= 0.6 is 12.2 Å². The number of benzene rings is 1. The van der Waals surface area contributed by atoms with E-state index in [1.807, 2.05) is 32.0 Å². The molecule has 1 fully saturated rings. The Morgan fingerprint density at radius 3 is 2.45 bits per heavy atom. The first-order valence-corrected chi connectivity index (χ1v) is 8.37. The molecule has 5 heteroatoms. The van der Waals surface area contributed by atoms with Crippen LogP contribution in [0, 0.1) is 13.8 Å². The highest BCUT2D eigenvalue weighted by atomic mass is 32.1. The third-order valence-corrected chi connectivity index (χ3v) is 4.36. The summed E-state index contributed by atoms with van der Waals surface area (Å²) >= 11 is 5.27. The highest BCUT2D eigenvalue weighted by Crippen LogP contribution is 2.19. The number of hydrogen-bond acceptors (Lipinski definition) is 2. The van der Waals surface area contributed by atoms with Crippen molar-refractivity contribution in [2.45, 2.75) is 52.0 Å². The van der Waals surface area contributed by atoms with Gasteiger partial charge in [-0.15, -0.1) is 0 Å². The number of carbonyl (C=O) groups is 1. The molecule has 0 atom stereocenters. The highest BCUT2D eigenvalue weighted by Gasteiger charge is 2.14. The number of carbonyl (C=O) groups excluding carboxylic acids is 1. The summed E-state index contributed by atoms with van der Waals surface area (Å²) < 4.78 is 0. The molecule has 120 valence electrons. The summed E-state index contributed by atoms with van der Waals surface area (Å²) in [4.78, 5) is 12.1. The van der Waals surface area contributed by atoms with Crippen LogP contribution in [0.4, 0.5) is 5.69 Å². The SMILES string of the molecule is Cc1cccc(C)c1NC(=O)CNC(=S)NC1CCCCC1. The van der Waals surface area contributed by atoms with Gasteiger partial charge >= 0.3 is 0 Å². The molecule has 1 aliphatic rings. The van der Waals surface area contributed by atoms with Gasteiger partial charge in [-0.05, 0) is 50.0 Å². The molecule has 0 aromatic heterocycles. The lowest BCUT2D eigenvalue weighted by Gasteiger charge is -2.24. The molecule has 0 spiro atoms. The second-order valence-electron chi connectivity index (χ2n) is 5.98. The van der Waals surface area contributed by atoms with E-state index >= 15 is 0 Å². The fourth-order valence-electron chi connectivity index (χ4n) is 2.84. The number of thiocarbonyl (C=S) groups is 1. The van der Waals surface area contributed by atoms with Crippen molar-refractivity contribution in [3.05, 3.63) is 29.3 Å². The lowest BCUT2D eigenvalue weighted by molar-refractivity contribution is -0.115. The largest absolute Gasteiger partial charge is 0.360 e. The smallest absolute Gasteiger partial charge is 0.243 e. The van der Waals surface area contributed by atoms with E-state index in [2.05, 4.69) is 16.0 Å².